The first-order valence-electron chi connectivity index (χ1n) is 8.43. The van der Waals surface area contributed by atoms with Gasteiger partial charge in [-0.25, -0.2) is 4.98 Å². The highest BCUT2D eigenvalue weighted by Gasteiger charge is 2.25. The van der Waals surface area contributed by atoms with Crippen LogP contribution >= 0.6 is 22.9 Å². The van der Waals surface area contributed by atoms with E-state index in [-0.39, 0.29) is 0 Å². The Morgan fingerprint density at radius 3 is 2.92 bits per heavy atom. The molecular formula is C18H24ClN3OS. The maximum absolute atomic E-state index is 6.19. The molecule has 3 rings (SSSR count). The van der Waals surface area contributed by atoms with Crippen molar-refractivity contribution >= 4 is 22.9 Å². The number of hydrogen-bond acceptors (Lipinski definition) is 5. The SMILES string of the molecule is CC[C@@H]1CN(Cc2csc(COc3ccc(Cl)cc3)n2)CC[C@H]1N. The zero-order valence-electron chi connectivity index (χ0n) is 14.0. The third kappa shape index (κ3) is 4.70. The zero-order valence-corrected chi connectivity index (χ0v) is 15.5. The van der Waals surface area contributed by atoms with E-state index < -0.39 is 0 Å². The summed E-state index contributed by atoms with van der Waals surface area (Å²) in [5.74, 6) is 1.41. The molecule has 24 heavy (non-hydrogen) atoms. The van der Waals surface area contributed by atoms with Gasteiger partial charge in [0.2, 0.25) is 0 Å². The Kier molecular flexibility index (Phi) is 6.11. The van der Waals surface area contributed by atoms with Gasteiger partial charge < -0.3 is 10.5 Å². The molecule has 2 aromatic rings. The molecule has 1 fully saturated rings. The number of piperidine rings is 1. The predicted molar refractivity (Wildman–Crippen MR) is 99.5 cm³/mol. The number of hydrogen-bond donors (Lipinski definition) is 1. The van der Waals surface area contributed by atoms with Crippen LogP contribution in [0.5, 0.6) is 5.75 Å². The average Bonchev–Trinajstić information content (AvgIpc) is 3.03. The molecule has 0 amide bonds. The third-order valence-electron chi connectivity index (χ3n) is 4.56. The van der Waals surface area contributed by atoms with Crippen molar-refractivity contribution in [3.8, 4) is 5.75 Å². The van der Waals surface area contributed by atoms with E-state index in [1.807, 2.05) is 24.3 Å². The smallest absolute Gasteiger partial charge is 0.140 e. The van der Waals surface area contributed by atoms with Crippen LogP contribution in [0.1, 0.15) is 30.5 Å². The molecule has 0 bridgehead atoms. The molecule has 2 atom stereocenters. The second-order valence-electron chi connectivity index (χ2n) is 6.33. The Morgan fingerprint density at radius 1 is 1.38 bits per heavy atom. The van der Waals surface area contributed by atoms with Crippen molar-refractivity contribution in [1.82, 2.24) is 9.88 Å². The molecule has 1 aromatic heterocycles. The lowest BCUT2D eigenvalue weighted by molar-refractivity contribution is 0.144. The molecule has 0 aliphatic carbocycles. The van der Waals surface area contributed by atoms with Gasteiger partial charge in [-0.3, -0.25) is 4.90 Å². The van der Waals surface area contributed by atoms with Crippen molar-refractivity contribution in [3.63, 3.8) is 0 Å². The topological polar surface area (TPSA) is 51.4 Å². The van der Waals surface area contributed by atoms with Crippen molar-refractivity contribution < 1.29 is 4.74 Å². The lowest BCUT2D eigenvalue weighted by atomic mass is 9.91. The minimum absolute atomic E-state index is 0.352. The number of benzene rings is 1. The highest BCUT2D eigenvalue weighted by atomic mass is 35.5. The van der Waals surface area contributed by atoms with Crippen molar-refractivity contribution in [2.75, 3.05) is 13.1 Å². The second kappa shape index (κ2) is 8.30. The number of likely N-dealkylation sites (tertiary alicyclic amines) is 1. The van der Waals surface area contributed by atoms with Gasteiger partial charge in [-0.15, -0.1) is 11.3 Å². The molecule has 6 heteroatoms. The Balaban J connectivity index is 1.51. The molecule has 130 valence electrons. The summed E-state index contributed by atoms with van der Waals surface area (Å²) in [6.45, 7) is 5.76. The van der Waals surface area contributed by atoms with Crippen LogP contribution in [-0.4, -0.2) is 29.0 Å². The number of aromatic nitrogens is 1. The van der Waals surface area contributed by atoms with Gasteiger partial charge in [0.1, 0.15) is 17.4 Å². The molecule has 4 nitrogen and oxygen atoms in total. The maximum atomic E-state index is 6.19. The fourth-order valence-electron chi connectivity index (χ4n) is 3.09. The van der Waals surface area contributed by atoms with Gasteiger partial charge in [-0.2, -0.15) is 0 Å². The Morgan fingerprint density at radius 2 is 2.17 bits per heavy atom. The van der Waals surface area contributed by atoms with Crippen molar-refractivity contribution in [1.29, 1.82) is 0 Å². The van der Waals surface area contributed by atoms with Crippen molar-refractivity contribution in [2.24, 2.45) is 11.7 Å². The molecule has 1 aromatic carbocycles. The van der Waals surface area contributed by atoms with E-state index in [1.54, 1.807) is 11.3 Å². The van der Waals surface area contributed by atoms with Crippen LogP contribution in [0, 0.1) is 5.92 Å². The minimum atomic E-state index is 0.352. The Labute approximate surface area is 152 Å². The highest BCUT2D eigenvalue weighted by Crippen LogP contribution is 2.22. The fraction of sp³-hybridized carbons (Fsp3) is 0.500. The summed E-state index contributed by atoms with van der Waals surface area (Å²) in [6.07, 6.45) is 2.23. The van der Waals surface area contributed by atoms with E-state index in [2.05, 4.69) is 17.2 Å². The molecule has 0 radical (unpaired) electrons. The van der Waals surface area contributed by atoms with Crippen LogP contribution in [0.4, 0.5) is 0 Å². The zero-order chi connectivity index (χ0) is 16.9. The first-order valence-corrected chi connectivity index (χ1v) is 9.69. The van der Waals surface area contributed by atoms with Gasteiger partial charge in [-0.1, -0.05) is 24.9 Å². The van der Waals surface area contributed by atoms with Crippen LogP contribution in [0.2, 0.25) is 5.02 Å². The first kappa shape index (κ1) is 17.7. The summed E-state index contributed by atoms with van der Waals surface area (Å²) < 4.78 is 5.76. The van der Waals surface area contributed by atoms with E-state index in [1.165, 1.54) is 0 Å². The van der Waals surface area contributed by atoms with Crippen LogP contribution in [0.15, 0.2) is 29.6 Å². The number of halogens is 1. The van der Waals surface area contributed by atoms with Gasteiger partial charge in [0.05, 0.1) is 5.69 Å². The first-order chi connectivity index (χ1) is 11.6. The van der Waals surface area contributed by atoms with Crippen LogP contribution in [-0.2, 0) is 13.2 Å². The quantitative estimate of drug-likeness (QED) is 0.842. The van der Waals surface area contributed by atoms with Crippen LogP contribution in [0.25, 0.3) is 0 Å². The van der Waals surface area contributed by atoms with Gasteiger partial charge >= 0.3 is 0 Å². The molecule has 0 saturated carbocycles. The van der Waals surface area contributed by atoms with Crippen molar-refractivity contribution in [3.05, 3.63) is 45.4 Å². The average molecular weight is 366 g/mol. The second-order valence-corrected chi connectivity index (χ2v) is 7.71. The summed E-state index contributed by atoms with van der Waals surface area (Å²) in [7, 11) is 0. The number of ether oxygens (including phenoxy) is 1. The summed E-state index contributed by atoms with van der Waals surface area (Å²) in [5, 5.41) is 3.85. The highest BCUT2D eigenvalue weighted by molar-refractivity contribution is 7.09. The Hall–Kier alpha value is -1.14. The lowest BCUT2D eigenvalue weighted by Crippen LogP contribution is -2.46. The normalized spacial score (nSPS) is 21.8. The number of rotatable bonds is 6. The molecule has 0 spiro atoms. The molecular weight excluding hydrogens is 342 g/mol. The van der Waals surface area contributed by atoms with E-state index in [0.29, 0.717) is 23.6 Å². The van der Waals surface area contributed by atoms with Gasteiger partial charge in [0.25, 0.3) is 0 Å². The summed E-state index contributed by atoms with van der Waals surface area (Å²) in [6, 6.07) is 7.76. The van der Waals surface area contributed by atoms with Crippen LogP contribution in [0.3, 0.4) is 0 Å². The van der Waals surface area contributed by atoms with E-state index in [0.717, 1.165) is 48.9 Å². The van der Waals surface area contributed by atoms with Crippen molar-refractivity contribution in [2.45, 2.75) is 39.0 Å². The monoisotopic (exact) mass is 365 g/mol. The number of thiazole rings is 1. The molecule has 2 N–H and O–H groups in total. The predicted octanol–water partition coefficient (Wildman–Crippen LogP) is 3.93. The molecule has 2 heterocycles. The number of nitrogens with zero attached hydrogens (tertiary/aromatic N) is 2. The van der Waals surface area contributed by atoms with E-state index in [9.17, 15) is 0 Å². The summed E-state index contributed by atoms with van der Waals surface area (Å²) >= 11 is 7.53. The summed E-state index contributed by atoms with van der Waals surface area (Å²) in [4.78, 5) is 7.17. The molecule has 0 unspecified atom stereocenters. The van der Waals surface area contributed by atoms with Gasteiger partial charge in [-0.05, 0) is 36.6 Å². The Bertz CT molecular complexity index is 646. The van der Waals surface area contributed by atoms with Gasteiger partial charge in [0, 0.05) is 36.1 Å². The minimum Gasteiger partial charge on any atom is -0.486 e. The fourth-order valence-corrected chi connectivity index (χ4v) is 3.92. The van der Waals surface area contributed by atoms with Gasteiger partial charge in [0.15, 0.2) is 0 Å². The van der Waals surface area contributed by atoms with E-state index >= 15 is 0 Å². The molecule has 1 saturated heterocycles. The standard InChI is InChI=1S/C18H24ClN3OS/c1-2-13-9-22(8-7-17(13)20)10-15-12-24-18(21-15)11-23-16-5-3-14(19)4-6-16/h3-6,12-13,17H,2,7-11,20H2,1H3/t13-,17-/m1/s1. The lowest BCUT2D eigenvalue weighted by Gasteiger charge is -2.36. The third-order valence-corrected chi connectivity index (χ3v) is 5.69. The number of nitrogens with two attached hydrogens (primary N) is 1. The molecule has 1 aliphatic rings. The van der Waals surface area contributed by atoms with E-state index in [4.69, 9.17) is 27.1 Å². The molecule has 1 aliphatic heterocycles. The summed E-state index contributed by atoms with van der Waals surface area (Å²) in [5.41, 5.74) is 7.31. The maximum Gasteiger partial charge on any atom is 0.140 e. The van der Waals surface area contributed by atoms with Crippen LogP contribution < -0.4 is 10.5 Å². The largest absolute Gasteiger partial charge is 0.486 e.